The molecule has 1 aromatic carbocycles. The summed E-state index contributed by atoms with van der Waals surface area (Å²) in [5.41, 5.74) is 9.78. The first-order valence-electron chi connectivity index (χ1n) is 7.60. The topological polar surface area (TPSA) is 43.8 Å². The van der Waals surface area contributed by atoms with E-state index >= 15 is 0 Å². The van der Waals surface area contributed by atoms with Crippen molar-refractivity contribution in [2.75, 3.05) is 0 Å². The highest BCUT2D eigenvalue weighted by atomic mass is 79.9. The average molecular weight is 350 g/mol. The Labute approximate surface area is 135 Å². The second kappa shape index (κ2) is 7.23. The molecule has 0 saturated carbocycles. The van der Waals surface area contributed by atoms with E-state index in [9.17, 15) is 0 Å². The summed E-state index contributed by atoms with van der Waals surface area (Å²) in [4.78, 5) is 0. The highest BCUT2D eigenvalue weighted by Crippen LogP contribution is 2.25. The van der Waals surface area contributed by atoms with Gasteiger partial charge < -0.3 is 5.73 Å². The first kappa shape index (κ1) is 16.2. The molecule has 1 atom stereocenters. The number of halogens is 1. The van der Waals surface area contributed by atoms with Crippen molar-refractivity contribution < 1.29 is 0 Å². The van der Waals surface area contributed by atoms with Gasteiger partial charge in [-0.1, -0.05) is 41.9 Å². The van der Waals surface area contributed by atoms with Gasteiger partial charge in [-0.05, 0) is 43.0 Å². The monoisotopic (exact) mass is 349 g/mol. The minimum absolute atomic E-state index is 0.0370. The number of hydrogen-bond donors (Lipinski definition) is 1. The van der Waals surface area contributed by atoms with E-state index in [0.29, 0.717) is 6.04 Å². The van der Waals surface area contributed by atoms with E-state index in [2.05, 4.69) is 76.9 Å². The molecule has 2 N–H and O–H groups in total. The van der Waals surface area contributed by atoms with E-state index in [1.807, 2.05) is 0 Å². The molecule has 4 heteroatoms. The van der Waals surface area contributed by atoms with Crippen LogP contribution >= 0.6 is 15.9 Å². The van der Waals surface area contributed by atoms with Crippen molar-refractivity contribution in [3.05, 3.63) is 51.8 Å². The number of aromatic nitrogens is 2. The molecule has 2 rings (SSSR count). The maximum Gasteiger partial charge on any atom is 0.0643 e. The molecule has 0 radical (unpaired) electrons. The Balaban J connectivity index is 2.11. The zero-order valence-corrected chi connectivity index (χ0v) is 14.6. The number of nitrogens with two attached hydrogens (primary N) is 1. The van der Waals surface area contributed by atoms with E-state index in [0.717, 1.165) is 35.0 Å². The third-order valence-corrected chi connectivity index (χ3v) is 4.65. The summed E-state index contributed by atoms with van der Waals surface area (Å²) in [6.07, 6.45) is 5.04. The maximum atomic E-state index is 6.35. The van der Waals surface area contributed by atoms with Crippen LogP contribution in [-0.2, 0) is 6.42 Å². The molecular weight excluding hydrogens is 326 g/mol. The van der Waals surface area contributed by atoms with Crippen LogP contribution in [0.5, 0.6) is 0 Å². The minimum atomic E-state index is -0.0370. The molecule has 0 spiro atoms. The van der Waals surface area contributed by atoms with Crippen molar-refractivity contribution in [3.8, 4) is 0 Å². The molecular formula is C17H24BrN3. The van der Waals surface area contributed by atoms with Crippen molar-refractivity contribution in [1.82, 2.24) is 9.78 Å². The van der Waals surface area contributed by atoms with E-state index in [1.165, 1.54) is 5.56 Å². The summed E-state index contributed by atoms with van der Waals surface area (Å²) >= 11 is 3.61. The average Bonchev–Trinajstić information content (AvgIpc) is 2.88. The van der Waals surface area contributed by atoms with Gasteiger partial charge in [-0.15, -0.1) is 0 Å². The fraction of sp³-hybridized carbons (Fsp3) is 0.471. The molecule has 0 saturated heterocycles. The lowest BCUT2D eigenvalue weighted by atomic mass is 10.0. The highest BCUT2D eigenvalue weighted by Gasteiger charge is 2.14. The maximum absolute atomic E-state index is 6.35. The number of benzene rings is 1. The van der Waals surface area contributed by atoms with Crippen LogP contribution in [0.2, 0.25) is 0 Å². The van der Waals surface area contributed by atoms with Crippen LogP contribution in [-0.4, -0.2) is 9.78 Å². The molecule has 0 aliphatic carbocycles. The van der Waals surface area contributed by atoms with Crippen LogP contribution in [0.4, 0.5) is 0 Å². The Morgan fingerprint density at radius 2 is 1.95 bits per heavy atom. The molecule has 0 amide bonds. The number of nitrogens with zero attached hydrogens (tertiary/aromatic N) is 2. The molecule has 0 aliphatic rings. The van der Waals surface area contributed by atoms with Gasteiger partial charge in [0.25, 0.3) is 0 Å². The van der Waals surface area contributed by atoms with Crippen molar-refractivity contribution in [2.45, 2.75) is 52.1 Å². The fourth-order valence-corrected chi connectivity index (χ4v) is 3.41. The predicted molar refractivity (Wildman–Crippen MR) is 91.4 cm³/mol. The van der Waals surface area contributed by atoms with Gasteiger partial charge in [-0.25, -0.2) is 0 Å². The zero-order chi connectivity index (χ0) is 15.4. The third-order valence-electron chi connectivity index (χ3n) is 3.96. The number of aryl methyl sites for hydroxylation is 1. The first-order valence-corrected chi connectivity index (χ1v) is 8.40. The van der Waals surface area contributed by atoms with Crippen LogP contribution in [0.1, 0.15) is 55.6 Å². The van der Waals surface area contributed by atoms with Gasteiger partial charge in [0.1, 0.15) is 0 Å². The van der Waals surface area contributed by atoms with E-state index in [4.69, 9.17) is 5.73 Å². The van der Waals surface area contributed by atoms with Crippen molar-refractivity contribution in [3.63, 3.8) is 0 Å². The SMILES string of the molecule is CCC(CC)n1ccc(CC(N)c2ccc(C)cc2Br)n1. The quantitative estimate of drug-likeness (QED) is 0.830. The van der Waals surface area contributed by atoms with Gasteiger partial charge >= 0.3 is 0 Å². The van der Waals surface area contributed by atoms with E-state index in [-0.39, 0.29) is 6.04 Å². The van der Waals surface area contributed by atoms with Crippen molar-refractivity contribution in [1.29, 1.82) is 0 Å². The van der Waals surface area contributed by atoms with Crippen molar-refractivity contribution >= 4 is 15.9 Å². The first-order chi connectivity index (χ1) is 10.0. The lowest BCUT2D eigenvalue weighted by Gasteiger charge is -2.14. The lowest BCUT2D eigenvalue weighted by molar-refractivity contribution is 0.424. The fourth-order valence-electron chi connectivity index (χ4n) is 2.62. The molecule has 0 bridgehead atoms. The molecule has 2 aromatic rings. The molecule has 114 valence electrons. The van der Waals surface area contributed by atoms with Crippen LogP contribution in [0.15, 0.2) is 34.9 Å². The van der Waals surface area contributed by atoms with Gasteiger partial charge in [0.15, 0.2) is 0 Å². The molecule has 0 fully saturated rings. The Hall–Kier alpha value is -1.13. The van der Waals surface area contributed by atoms with Crippen LogP contribution in [0.25, 0.3) is 0 Å². The number of hydrogen-bond acceptors (Lipinski definition) is 2. The predicted octanol–water partition coefficient (Wildman–Crippen LogP) is 4.56. The number of rotatable bonds is 6. The van der Waals surface area contributed by atoms with Gasteiger partial charge in [0, 0.05) is 23.1 Å². The van der Waals surface area contributed by atoms with Crippen LogP contribution in [0, 0.1) is 6.92 Å². The Bertz CT molecular complexity index is 587. The molecule has 0 aliphatic heterocycles. The minimum Gasteiger partial charge on any atom is -0.324 e. The molecule has 1 unspecified atom stereocenters. The second-order valence-corrected chi connectivity index (χ2v) is 6.45. The third kappa shape index (κ3) is 3.95. The Morgan fingerprint density at radius 1 is 1.24 bits per heavy atom. The van der Waals surface area contributed by atoms with Gasteiger partial charge in [0.2, 0.25) is 0 Å². The van der Waals surface area contributed by atoms with Crippen molar-refractivity contribution in [2.24, 2.45) is 5.73 Å². The molecule has 3 nitrogen and oxygen atoms in total. The summed E-state index contributed by atoms with van der Waals surface area (Å²) in [5, 5.41) is 4.69. The highest BCUT2D eigenvalue weighted by molar-refractivity contribution is 9.10. The Morgan fingerprint density at radius 3 is 2.57 bits per heavy atom. The molecule has 1 aromatic heterocycles. The smallest absolute Gasteiger partial charge is 0.0643 e. The van der Waals surface area contributed by atoms with Gasteiger partial charge in [0.05, 0.1) is 11.7 Å². The van der Waals surface area contributed by atoms with E-state index in [1.54, 1.807) is 0 Å². The molecule has 21 heavy (non-hydrogen) atoms. The van der Waals surface area contributed by atoms with E-state index < -0.39 is 0 Å². The lowest BCUT2D eigenvalue weighted by Crippen LogP contribution is -2.15. The largest absolute Gasteiger partial charge is 0.324 e. The summed E-state index contributed by atoms with van der Waals surface area (Å²) in [6.45, 7) is 6.48. The summed E-state index contributed by atoms with van der Waals surface area (Å²) in [6, 6.07) is 8.84. The normalized spacial score (nSPS) is 12.9. The Kier molecular flexibility index (Phi) is 5.59. The van der Waals surface area contributed by atoms with Gasteiger partial charge in [-0.2, -0.15) is 5.10 Å². The van der Waals surface area contributed by atoms with Gasteiger partial charge in [-0.3, -0.25) is 4.68 Å². The molecule has 1 heterocycles. The summed E-state index contributed by atoms with van der Waals surface area (Å²) in [5.74, 6) is 0. The second-order valence-electron chi connectivity index (χ2n) is 5.59. The zero-order valence-electron chi connectivity index (χ0n) is 13.0. The van der Waals surface area contributed by atoms with Crippen LogP contribution in [0.3, 0.4) is 0 Å². The summed E-state index contributed by atoms with van der Waals surface area (Å²) in [7, 11) is 0. The van der Waals surface area contributed by atoms with Crippen LogP contribution < -0.4 is 5.73 Å². The summed E-state index contributed by atoms with van der Waals surface area (Å²) < 4.78 is 3.15. The standard InChI is InChI=1S/C17H24BrN3/c1-4-14(5-2)21-9-8-13(20-21)11-17(19)15-7-6-12(3)10-16(15)18/h6-10,14,17H,4-5,11,19H2,1-3H3.